The first-order valence-corrected chi connectivity index (χ1v) is 19.5. The normalized spacial score (nSPS) is 11.9. The van der Waals surface area contributed by atoms with E-state index in [1.54, 1.807) is 0 Å². The van der Waals surface area contributed by atoms with Crippen molar-refractivity contribution in [3.8, 4) is 55.6 Å². The maximum Gasteiger partial charge on any atom is -0.00206 e. The molecule has 12 aromatic rings. The lowest BCUT2D eigenvalue weighted by Crippen LogP contribution is -1.92. The van der Waals surface area contributed by atoms with Gasteiger partial charge in [-0.3, -0.25) is 0 Å². The smallest absolute Gasteiger partial charge is 0.00206 e. The minimum atomic E-state index is 1.20. The van der Waals surface area contributed by atoms with Crippen LogP contribution in [0.4, 0.5) is 0 Å². The second-order valence-corrected chi connectivity index (χ2v) is 15.2. The second-order valence-electron chi connectivity index (χ2n) is 15.2. The minimum absolute atomic E-state index is 1.20. The van der Waals surface area contributed by atoms with Crippen molar-refractivity contribution in [2.75, 3.05) is 0 Å². The van der Waals surface area contributed by atoms with Crippen molar-refractivity contribution in [3.05, 3.63) is 206 Å². The Kier molecular flexibility index (Phi) is 6.73. The summed E-state index contributed by atoms with van der Waals surface area (Å²) < 4.78 is 0. The number of hydrogen-bond donors (Lipinski definition) is 0. The highest BCUT2D eigenvalue weighted by Crippen LogP contribution is 2.45. The van der Waals surface area contributed by atoms with Gasteiger partial charge in [0.1, 0.15) is 0 Å². The SMILES string of the molecule is c1ccc(-c2cc(-c3ccc(-c4ccc5ccc6cccc7ccc4c5c67)c(-c4ccccc4)c3)cc(-c3ccc4ccc5cccc6ccc3c4c56)c2)cc1. The van der Waals surface area contributed by atoms with Crippen LogP contribution in [0, 0.1) is 0 Å². The van der Waals surface area contributed by atoms with Crippen LogP contribution in [0.2, 0.25) is 0 Å². The molecule has 0 amide bonds. The molecular weight excluding hydrogens is 673 g/mol. The van der Waals surface area contributed by atoms with E-state index in [0.717, 1.165) is 0 Å². The van der Waals surface area contributed by atoms with Crippen LogP contribution >= 0.6 is 0 Å². The van der Waals surface area contributed by atoms with Crippen molar-refractivity contribution < 1.29 is 0 Å². The molecule has 0 bridgehead atoms. The molecule has 0 unspecified atom stereocenters. The molecule has 56 heavy (non-hydrogen) atoms. The third-order valence-electron chi connectivity index (χ3n) is 12.1. The molecule has 0 saturated carbocycles. The van der Waals surface area contributed by atoms with Gasteiger partial charge in [0.05, 0.1) is 0 Å². The molecule has 0 N–H and O–H groups in total. The fourth-order valence-electron chi connectivity index (χ4n) is 9.52. The molecule has 0 heteroatoms. The minimum Gasteiger partial charge on any atom is -0.0622 e. The summed E-state index contributed by atoms with van der Waals surface area (Å²) in [4.78, 5) is 0. The molecule has 12 aromatic carbocycles. The van der Waals surface area contributed by atoms with Gasteiger partial charge in [-0.05, 0) is 145 Å². The molecule has 258 valence electrons. The third-order valence-corrected chi connectivity index (χ3v) is 12.1. The maximum absolute atomic E-state index is 2.42. The second kappa shape index (κ2) is 12.1. The van der Waals surface area contributed by atoms with Crippen molar-refractivity contribution >= 4 is 64.6 Å². The van der Waals surface area contributed by atoms with Crippen LogP contribution in [-0.4, -0.2) is 0 Å². The molecular formula is C56H34. The molecule has 0 fully saturated rings. The summed E-state index contributed by atoms with van der Waals surface area (Å²) in [5.74, 6) is 0. The van der Waals surface area contributed by atoms with Gasteiger partial charge in [-0.15, -0.1) is 0 Å². The standard InChI is InChI=1S/C56H34/c1-3-9-35(10-4-1)44-31-45(33-46(32-44)47-26-21-41-19-17-37-13-7-15-39-23-29-50(47)55(41)53(37)39)43-25-28-49(52(34-43)36-11-5-2-6-12-36)48-27-22-42-20-18-38-14-8-16-40-24-30-51(48)56(42)54(38)40/h1-34H. The van der Waals surface area contributed by atoms with Gasteiger partial charge in [0, 0.05) is 0 Å². The molecule has 0 aromatic heterocycles. The fourth-order valence-corrected chi connectivity index (χ4v) is 9.52. The first kappa shape index (κ1) is 31.1. The van der Waals surface area contributed by atoms with Crippen LogP contribution in [0.5, 0.6) is 0 Å². The van der Waals surface area contributed by atoms with Gasteiger partial charge in [0.25, 0.3) is 0 Å². The Morgan fingerprint density at radius 3 is 1.20 bits per heavy atom. The monoisotopic (exact) mass is 706 g/mol. The highest BCUT2D eigenvalue weighted by molar-refractivity contribution is 6.27. The lowest BCUT2D eigenvalue weighted by Gasteiger charge is -2.19. The summed E-state index contributed by atoms with van der Waals surface area (Å²) in [7, 11) is 0. The zero-order valence-corrected chi connectivity index (χ0v) is 30.6. The number of rotatable bonds is 5. The van der Waals surface area contributed by atoms with Crippen LogP contribution in [0.15, 0.2) is 206 Å². The van der Waals surface area contributed by atoms with Crippen LogP contribution in [-0.2, 0) is 0 Å². The molecule has 0 atom stereocenters. The molecule has 0 saturated heterocycles. The Hall–Kier alpha value is -7.28. The quantitative estimate of drug-likeness (QED) is 0.156. The molecule has 0 aliphatic carbocycles. The summed E-state index contributed by atoms with van der Waals surface area (Å²) in [5.41, 5.74) is 12.2. The summed E-state index contributed by atoms with van der Waals surface area (Å²) in [6, 6.07) is 76.8. The van der Waals surface area contributed by atoms with Crippen molar-refractivity contribution in [1.29, 1.82) is 0 Å². The Bertz CT molecular complexity index is 3410. The molecule has 0 spiro atoms. The number of benzene rings is 12. The van der Waals surface area contributed by atoms with E-state index in [4.69, 9.17) is 0 Å². The van der Waals surface area contributed by atoms with E-state index in [9.17, 15) is 0 Å². The fraction of sp³-hybridized carbons (Fsp3) is 0. The van der Waals surface area contributed by atoms with E-state index in [1.807, 2.05) is 0 Å². The largest absolute Gasteiger partial charge is 0.0622 e. The van der Waals surface area contributed by atoms with Gasteiger partial charge in [-0.2, -0.15) is 0 Å². The summed E-state index contributed by atoms with van der Waals surface area (Å²) >= 11 is 0. The first-order chi connectivity index (χ1) is 27.7. The Morgan fingerprint density at radius 2 is 0.607 bits per heavy atom. The molecule has 0 nitrogen and oxygen atoms in total. The zero-order chi connectivity index (χ0) is 36.7. The van der Waals surface area contributed by atoms with Crippen molar-refractivity contribution in [3.63, 3.8) is 0 Å². The van der Waals surface area contributed by atoms with Crippen molar-refractivity contribution in [2.45, 2.75) is 0 Å². The molecule has 12 rings (SSSR count). The highest BCUT2D eigenvalue weighted by atomic mass is 14.2. The van der Waals surface area contributed by atoms with Gasteiger partial charge >= 0.3 is 0 Å². The Labute approximate surface area is 325 Å². The van der Waals surface area contributed by atoms with E-state index in [-0.39, 0.29) is 0 Å². The van der Waals surface area contributed by atoms with Crippen molar-refractivity contribution in [1.82, 2.24) is 0 Å². The first-order valence-electron chi connectivity index (χ1n) is 19.5. The molecule has 0 radical (unpaired) electrons. The predicted octanol–water partition coefficient (Wildman–Crippen LogP) is 15.8. The van der Waals surface area contributed by atoms with E-state index in [0.29, 0.717) is 0 Å². The number of hydrogen-bond acceptors (Lipinski definition) is 0. The summed E-state index contributed by atoms with van der Waals surface area (Å²) in [5, 5.41) is 15.7. The average molecular weight is 707 g/mol. The zero-order valence-electron chi connectivity index (χ0n) is 30.6. The Morgan fingerprint density at radius 1 is 0.179 bits per heavy atom. The molecule has 0 aliphatic rings. The van der Waals surface area contributed by atoms with Gasteiger partial charge in [0.15, 0.2) is 0 Å². The lowest BCUT2D eigenvalue weighted by molar-refractivity contribution is 1.56. The molecule has 0 aliphatic heterocycles. The van der Waals surface area contributed by atoms with E-state index in [1.165, 1.54) is 120 Å². The molecule has 0 heterocycles. The van der Waals surface area contributed by atoms with E-state index < -0.39 is 0 Å². The van der Waals surface area contributed by atoms with Crippen LogP contribution in [0.3, 0.4) is 0 Å². The van der Waals surface area contributed by atoms with Gasteiger partial charge < -0.3 is 0 Å². The maximum atomic E-state index is 2.42. The van der Waals surface area contributed by atoms with Gasteiger partial charge in [0.2, 0.25) is 0 Å². The van der Waals surface area contributed by atoms with Gasteiger partial charge in [-0.25, -0.2) is 0 Å². The lowest BCUT2D eigenvalue weighted by atomic mass is 9.85. The topological polar surface area (TPSA) is 0 Å². The predicted molar refractivity (Wildman–Crippen MR) is 241 cm³/mol. The van der Waals surface area contributed by atoms with E-state index in [2.05, 4.69) is 206 Å². The van der Waals surface area contributed by atoms with E-state index >= 15 is 0 Å². The van der Waals surface area contributed by atoms with Crippen LogP contribution < -0.4 is 0 Å². The van der Waals surface area contributed by atoms with Crippen LogP contribution in [0.1, 0.15) is 0 Å². The average Bonchev–Trinajstić information content (AvgIpc) is 3.27. The van der Waals surface area contributed by atoms with Crippen LogP contribution in [0.25, 0.3) is 120 Å². The Balaban J connectivity index is 1.10. The summed E-state index contributed by atoms with van der Waals surface area (Å²) in [6.07, 6.45) is 0. The summed E-state index contributed by atoms with van der Waals surface area (Å²) in [6.45, 7) is 0. The third kappa shape index (κ3) is 4.73. The highest BCUT2D eigenvalue weighted by Gasteiger charge is 2.18. The van der Waals surface area contributed by atoms with Gasteiger partial charge in [-0.1, -0.05) is 182 Å². The van der Waals surface area contributed by atoms with Crippen molar-refractivity contribution in [2.24, 2.45) is 0 Å².